The normalized spacial score (nSPS) is 28.2. The lowest BCUT2D eigenvalue weighted by atomic mass is 9.77. The molecule has 2 aliphatic rings. The van der Waals surface area contributed by atoms with Gasteiger partial charge in [-0.05, 0) is 30.3 Å². The highest BCUT2D eigenvalue weighted by molar-refractivity contribution is 5.87. The molecule has 0 aromatic heterocycles. The molecule has 1 N–H and O–H groups in total. The minimum absolute atomic E-state index is 0.207. The van der Waals surface area contributed by atoms with Crippen LogP contribution in [-0.2, 0) is 9.63 Å². The van der Waals surface area contributed by atoms with Gasteiger partial charge in [0, 0.05) is 13.0 Å². The SMILES string of the molecule is CC(C)CNOC1C(=O)CCC2CC=CC=C21. The average molecular weight is 235 g/mol. The molecule has 0 aromatic rings. The molecule has 0 radical (unpaired) electrons. The molecule has 94 valence electrons. The highest BCUT2D eigenvalue weighted by Gasteiger charge is 2.34. The maximum atomic E-state index is 11.9. The molecule has 1 saturated carbocycles. The summed E-state index contributed by atoms with van der Waals surface area (Å²) in [5, 5.41) is 0. The number of carbonyl (C=O) groups is 1. The summed E-state index contributed by atoms with van der Waals surface area (Å²) in [5.74, 6) is 1.23. The second-order valence-electron chi connectivity index (χ2n) is 5.27. The molecule has 3 heteroatoms. The summed E-state index contributed by atoms with van der Waals surface area (Å²) < 4.78 is 0. The van der Waals surface area contributed by atoms with E-state index in [2.05, 4.69) is 25.4 Å². The minimum Gasteiger partial charge on any atom is -0.296 e. The Morgan fingerprint density at radius 3 is 3.12 bits per heavy atom. The Balaban J connectivity index is 1.99. The monoisotopic (exact) mass is 235 g/mol. The van der Waals surface area contributed by atoms with Gasteiger partial charge in [0.05, 0.1) is 0 Å². The van der Waals surface area contributed by atoms with Crippen molar-refractivity contribution in [3.63, 3.8) is 0 Å². The van der Waals surface area contributed by atoms with E-state index in [1.807, 2.05) is 12.2 Å². The van der Waals surface area contributed by atoms with Crippen molar-refractivity contribution in [1.82, 2.24) is 5.48 Å². The Labute approximate surface area is 103 Å². The Bertz CT molecular complexity index is 344. The van der Waals surface area contributed by atoms with Crippen molar-refractivity contribution in [3.05, 3.63) is 23.8 Å². The van der Waals surface area contributed by atoms with E-state index in [4.69, 9.17) is 4.84 Å². The van der Waals surface area contributed by atoms with Gasteiger partial charge < -0.3 is 0 Å². The van der Waals surface area contributed by atoms with Gasteiger partial charge in [0.1, 0.15) is 0 Å². The number of carbonyl (C=O) groups excluding carboxylic acids is 1. The largest absolute Gasteiger partial charge is 0.296 e. The molecule has 0 amide bonds. The lowest BCUT2D eigenvalue weighted by molar-refractivity contribution is -0.136. The van der Waals surface area contributed by atoms with E-state index in [9.17, 15) is 4.79 Å². The van der Waals surface area contributed by atoms with E-state index in [0.29, 0.717) is 18.3 Å². The number of hydrogen-bond donors (Lipinski definition) is 1. The lowest BCUT2D eigenvalue weighted by Crippen LogP contribution is -2.39. The average Bonchev–Trinajstić information content (AvgIpc) is 2.32. The first kappa shape index (κ1) is 12.5. The number of rotatable bonds is 4. The number of nitrogens with one attached hydrogen (secondary N) is 1. The van der Waals surface area contributed by atoms with Crippen LogP contribution < -0.4 is 5.48 Å². The number of allylic oxidation sites excluding steroid dienone is 3. The zero-order valence-electron chi connectivity index (χ0n) is 10.6. The summed E-state index contributed by atoms with van der Waals surface area (Å²) >= 11 is 0. The van der Waals surface area contributed by atoms with Crippen molar-refractivity contribution in [2.75, 3.05) is 6.54 Å². The van der Waals surface area contributed by atoms with Gasteiger partial charge in [0.2, 0.25) is 0 Å². The number of hydrogen-bond acceptors (Lipinski definition) is 3. The molecule has 2 unspecified atom stereocenters. The number of ketones is 1. The Hall–Kier alpha value is -0.930. The number of hydroxylamine groups is 1. The van der Waals surface area contributed by atoms with Gasteiger partial charge in [-0.3, -0.25) is 9.63 Å². The molecule has 0 saturated heterocycles. The lowest BCUT2D eigenvalue weighted by Gasteiger charge is -2.32. The van der Waals surface area contributed by atoms with Gasteiger partial charge >= 0.3 is 0 Å². The summed E-state index contributed by atoms with van der Waals surface area (Å²) in [6.45, 7) is 5.01. The number of fused-ring (bicyclic) bond motifs is 1. The van der Waals surface area contributed by atoms with Crippen molar-refractivity contribution in [3.8, 4) is 0 Å². The van der Waals surface area contributed by atoms with Gasteiger partial charge in [0.15, 0.2) is 11.9 Å². The zero-order valence-corrected chi connectivity index (χ0v) is 10.6. The van der Waals surface area contributed by atoms with Crippen LogP contribution in [0.25, 0.3) is 0 Å². The van der Waals surface area contributed by atoms with Gasteiger partial charge in [-0.2, -0.15) is 0 Å². The fourth-order valence-electron chi connectivity index (χ4n) is 2.35. The van der Waals surface area contributed by atoms with Crippen molar-refractivity contribution in [2.24, 2.45) is 11.8 Å². The summed E-state index contributed by atoms with van der Waals surface area (Å²) in [5.41, 5.74) is 4.09. The van der Waals surface area contributed by atoms with Crippen LogP contribution in [0.1, 0.15) is 33.1 Å². The molecule has 0 heterocycles. The smallest absolute Gasteiger partial charge is 0.167 e. The van der Waals surface area contributed by atoms with Crippen LogP contribution in [0.2, 0.25) is 0 Å². The molecule has 3 nitrogen and oxygen atoms in total. The van der Waals surface area contributed by atoms with Crippen molar-refractivity contribution in [2.45, 2.75) is 39.2 Å². The van der Waals surface area contributed by atoms with Crippen LogP contribution in [0.5, 0.6) is 0 Å². The van der Waals surface area contributed by atoms with Crippen LogP contribution in [0.4, 0.5) is 0 Å². The van der Waals surface area contributed by atoms with Crippen LogP contribution >= 0.6 is 0 Å². The second kappa shape index (κ2) is 5.61. The molecular formula is C14H21NO2. The quantitative estimate of drug-likeness (QED) is 0.760. The third-order valence-corrected chi connectivity index (χ3v) is 3.34. The zero-order chi connectivity index (χ0) is 12.3. The highest BCUT2D eigenvalue weighted by atomic mass is 16.7. The summed E-state index contributed by atoms with van der Waals surface area (Å²) in [4.78, 5) is 17.5. The molecule has 2 rings (SSSR count). The molecular weight excluding hydrogens is 214 g/mol. The topological polar surface area (TPSA) is 38.3 Å². The molecule has 0 aromatic carbocycles. The Morgan fingerprint density at radius 1 is 1.53 bits per heavy atom. The third kappa shape index (κ3) is 3.05. The van der Waals surface area contributed by atoms with Crippen molar-refractivity contribution in [1.29, 1.82) is 0 Å². The molecule has 2 aliphatic carbocycles. The van der Waals surface area contributed by atoms with E-state index in [1.165, 1.54) is 0 Å². The molecule has 0 aliphatic heterocycles. The summed E-state index contributed by atoms with van der Waals surface area (Å²) in [6.07, 6.45) is 8.54. The van der Waals surface area contributed by atoms with Gasteiger partial charge in [0.25, 0.3) is 0 Å². The fraction of sp³-hybridized carbons (Fsp3) is 0.643. The van der Waals surface area contributed by atoms with E-state index in [1.54, 1.807) is 0 Å². The third-order valence-electron chi connectivity index (χ3n) is 3.34. The Kier molecular flexibility index (Phi) is 4.13. The van der Waals surface area contributed by atoms with E-state index in [-0.39, 0.29) is 11.9 Å². The molecule has 1 fully saturated rings. The highest BCUT2D eigenvalue weighted by Crippen LogP contribution is 2.34. The van der Waals surface area contributed by atoms with Crippen molar-refractivity contribution >= 4 is 5.78 Å². The summed E-state index contributed by atoms with van der Waals surface area (Å²) in [7, 11) is 0. The molecule has 2 atom stereocenters. The first-order valence-corrected chi connectivity index (χ1v) is 6.46. The van der Waals surface area contributed by atoms with E-state index < -0.39 is 0 Å². The Morgan fingerprint density at radius 2 is 2.35 bits per heavy atom. The van der Waals surface area contributed by atoms with Crippen LogP contribution in [0, 0.1) is 11.8 Å². The first-order chi connectivity index (χ1) is 8.18. The molecule has 17 heavy (non-hydrogen) atoms. The second-order valence-corrected chi connectivity index (χ2v) is 5.27. The standard InChI is InChI=1S/C14H21NO2/c1-10(2)9-15-17-14-12-6-4-3-5-11(12)7-8-13(14)16/h3-4,6,10-11,14-15H,5,7-9H2,1-2H3. The predicted octanol–water partition coefficient (Wildman–Crippen LogP) is 2.40. The first-order valence-electron chi connectivity index (χ1n) is 6.46. The van der Waals surface area contributed by atoms with Gasteiger partial charge in [-0.25, -0.2) is 5.48 Å². The number of Topliss-reactive ketones (excluding diaryl/α,β-unsaturated/α-hetero) is 1. The van der Waals surface area contributed by atoms with E-state index >= 15 is 0 Å². The minimum atomic E-state index is -0.363. The van der Waals surface area contributed by atoms with Gasteiger partial charge in [-0.15, -0.1) is 0 Å². The van der Waals surface area contributed by atoms with E-state index in [0.717, 1.165) is 25.0 Å². The molecule has 0 bridgehead atoms. The fourth-order valence-corrected chi connectivity index (χ4v) is 2.35. The van der Waals surface area contributed by atoms with Crippen LogP contribution in [0.3, 0.4) is 0 Å². The van der Waals surface area contributed by atoms with Crippen LogP contribution in [-0.4, -0.2) is 18.4 Å². The molecule has 0 spiro atoms. The summed E-state index contributed by atoms with van der Waals surface area (Å²) in [6, 6.07) is 0. The predicted molar refractivity (Wildman–Crippen MR) is 67.3 cm³/mol. The van der Waals surface area contributed by atoms with Crippen molar-refractivity contribution < 1.29 is 9.63 Å². The van der Waals surface area contributed by atoms with Gasteiger partial charge in [-0.1, -0.05) is 32.1 Å². The maximum Gasteiger partial charge on any atom is 0.167 e. The maximum absolute atomic E-state index is 11.9. The van der Waals surface area contributed by atoms with Crippen LogP contribution in [0.15, 0.2) is 23.8 Å².